The second-order valence-corrected chi connectivity index (χ2v) is 10.1. The van der Waals surface area contributed by atoms with Gasteiger partial charge in [-0.2, -0.15) is 0 Å². The lowest BCUT2D eigenvalue weighted by molar-refractivity contribution is -0.134. The van der Waals surface area contributed by atoms with Crippen LogP contribution >= 0.6 is 0 Å². The number of likely N-dealkylation sites (N-methyl/N-ethyl adjacent to an activating group) is 1. The molecule has 2 heterocycles. The van der Waals surface area contributed by atoms with E-state index < -0.39 is 11.6 Å². The number of carbonyl (C=O) groups excluding carboxylic acids is 2. The average molecular weight is 458 g/mol. The predicted octanol–water partition coefficient (Wildman–Crippen LogP) is 4.72. The molecule has 33 heavy (non-hydrogen) atoms. The fraction of sp³-hybridized carbons (Fsp3) is 0.500. The van der Waals surface area contributed by atoms with Crippen LogP contribution in [0.25, 0.3) is 0 Å². The van der Waals surface area contributed by atoms with Crippen molar-refractivity contribution in [2.75, 3.05) is 20.1 Å². The highest BCUT2D eigenvalue weighted by atomic mass is 19.1. The van der Waals surface area contributed by atoms with Crippen molar-refractivity contribution in [1.29, 1.82) is 0 Å². The van der Waals surface area contributed by atoms with Crippen LogP contribution in [0.3, 0.4) is 0 Å². The number of pyridine rings is 1. The molecule has 0 saturated carbocycles. The lowest BCUT2D eigenvalue weighted by Gasteiger charge is -2.40. The minimum Gasteiger partial charge on any atom is -0.343 e. The molecule has 7 heteroatoms. The molecule has 1 aliphatic heterocycles. The molecule has 3 rings (SSSR count). The molecule has 0 N–H and O–H groups in total. The van der Waals surface area contributed by atoms with Crippen LogP contribution in [0, 0.1) is 23.0 Å². The molecule has 0 spiro atoms. The molecule has 2 amide bonds. The molecule has 5 nitrogen and oxygen atoms in total. The van der Waals surface area contributed by atoms with Gasteiger partial charge in [-0.15, -0.1) is 0 Å². The van der Waals surface area contributed by atoms with Gasteiger partial charge in [-0.3, -0.25) is 14.6 Å². The molecule has 1 atom stereocenters. The van der Waals surface area contributed by atoms with Crippen molar-refractivity contribution in [3.05, 3.63) is 65.5 Å². The smallest absolute Gasteiger partial charge is 0.255 e. The monoisotopic (exact) mass is 457 g/mol. The maximum atomic E-state index is 14.5. The van der Waals surface area contributed by atoms with Crippen LogP contribution in [0.5, 0.6) is 0 Å². The van der Waals surface area contributed by atoms with E-state index in [9.17, 15) is 18.4 Å². The lowest BCUT2D eigenvalue weighted by Crippen LogP contribution is -2.48. The number of amides is 2. The number of piperidine rings is 1. The summed E-state index contributed by atoms with van der Waals surface area (Å²) in [5.41, 5.74) is 0.758. The summed E-state index contributed by atoms with van der Waals surface area (Å²) in [6.45, 7) is 7.35. The SMILES string of the molecule is CN(C(=O)c1cccnc1)C(Cc1ccc(F)cc1F)C1CCN(C(=O)CC(C)(C)C)CC1. The van der Waals surface area contributed by atoms with E-state index in [-0.39, 0.29) is 35.6 Å². The number of benzene rings is 1. The summed E-state index contributed by atoms with van der Waals surface area (Å²) < 4.78 is 27.9. The molecular formula is C26H33F2N3O2. The van der Waals surface area contributed by atoms with Crippen LogP contribution in [-0.2, 0) is 11.2 Å². The van der Waals surface area contributed by atoms with Crippen LogP contribution in [0.15, 0.2) is 42.7 Å². The Kier molecular flexibility index (Phi) is 7.82. The molecule has 1 aromatic heterocycles. The summed E-state index contributed by atoms with van der Waals surface area (Å²) in [4.78, 5) is 33.4. The first-order valence-electron chi connectivity index (χ1n) is 11.4. The van der Waals surface area contributed by atoms with Gasteiger partial charge >= 0.3 is 0 Å². The topological polar surface area (TPSA) is 53.5 Å². The maximum absolute atomic E-state index is 14.5. The summed E-state index contributed by atoms with van der Waals surface area (Å²) in [5.74, 6) is -1.21. The van der Waals surface area contributed by atoms with Crippen LogP contribution in [0.4, 0.5) is 8.78 Å². The fourth-order valence-electron chi connectivity index (χ4n) is 4.47. The van der Waals surface area contributed by atoms with Crippen molar-refractivity contribution < 1.29 is 18.4 Å². The highest BCUT2D eigenvalue weighted by Gasteiger charge is 2.34. The third-order valence-electron chi connectivity index (χ3n) is 6.29. The summed E-state index contributed by atoms with van der Waals surface area (Å²) in [6.07, 6.45) is 5.31. The molecular weight excluding hydrogens is 424 g/mol. The second-order valence-electron chi connectivity index (χ2n) is 10.1. The van der Waals surface area contributed by atoms with Crippen molar-refractivity contribution in [3.63, 3.8) is 0 Å². The first-order chi connectivity index (χ1) is 15.5. The predicted molar refractivity (Wildman–Crippen MR) is 124 cm³/mol. The van der Waals surface area contributed by atoms with Gasteiger partial charge in [0.2, 0.25) is 5.91 Å². The highest BCUT2D eigenvalue weighted by Crippen LogP contribution is 2.29. The minimum atomic E-state index is -0.627. The van der Waals surface area contributed by atoms with Crippen LogP contribution in [-0.4, -0.2) is 52.8 Å². The Morgan fingerprint density at radius 3 is 2.45 bits per heavy atom. The highest BCUT2D eigenvalue weighted by molar-refractivity contribution is 5.94. The third kappa shape index (κ3) is 6.59. The van der Waals surface area contributed by atoms with E-state index >= 15 is 0 Å². The first kappa shape index (κ1) is 24.8. The zero-order chi connectivity index (χ0) is 24.2. The Morgan fingerprint density at radius 1 is 1.18 bits per heavy atom. The van der Waals surface area contributed by atoms with Crippen LogP contribution in [0.2, 0.25) is 0 Å². The first-order valence-corrected chi connectivity index (χ1v) is 11.4. The molecule has 0 radical (unpaired) electrons. The lowest BCUT2D eigenvalue weighted by atomic mass is 9.84. The summed E-state index contributed by atoms with van der Waals surface area (Å²) >= 11 is 0. The quantitative estimate of drug-likeness (QED) is 0.631. The Hall–Kier alpha value is -2.83. The molecule has 2 aromatic rings. The Morgan fingerprint density at radius 2 is 1.88 bits per heavy atom. The number of nitrogens with zero attached hydrogens (tertiary/aromatic N) is 3. The molecule has 1 aromatic carbocycles. The minimum absolute atomic E-state index is 0.0765. The zero-order valence-corrected chi connectivity index (χ0v) is 19.9. The van der Waals surface area contributed by atoms with Gasteiger partial charge in [0.25, 0.3) is 5.91 Å². The molecule has 1 unspecified atom stereocenters. The molecule has 0 bridgehead atoms. The number of hydrogen-bond acceptors (Lipinski definition) is 3. The maximum Gasteiger partial charge on any atom is 0.255 e. The van der Waals surface area contributed by atoms with Gasteiger partial charge in [0.1, 0.15) is 11.6 Å². The van der Waals surface area contributed by atoms with Gasteiger partial charge in [0.05, 0.1) is 5.56 Å². The zero-order valence-electron chi connectivity index (χ0n) is 19.9. The van der Waals surface area contributed by atoms with Crippen LogP contribution < -0.4 is 0 Å². The Bertz CT molecular complexity index is 967. The van der Waals surface area contributed by atoms with Gasteiger partial charge in [-0.05, 0) is 54.4 Å². The summed E-state index contributed by atoms with van der Waals surface area (Å²) in [5, 5.41) is 0. The third-order valence-corrected chi connectivity index (χ3v) is 6.29. The van der Waals surface area contributed by atoms with Gasteiger partial charge < -0.3 is 9.80 Å². The van der Waals surface area contributed by atoms with Crippen molar-refractivity contribution in [1.82, 2.24) is 14.8 Å². The van der Waals surface area contributed by atoms with E-state index in [1.54, 1.807) is 30.3 Å². The van der Waals surface area contributed by atoms with Crippen LogP contribution in [0.1, 0.15) is 56.0 Å². The number of carbonyl (C=O) groups is 2. The Labute approximate surface area is 194 Å². The van der Waals surface area contributed by atoms with Crippen molar-refractivity contribution in [2.24, 2.45) is 11.3 Å². The van der Waals surface area contributed by atoms with Crippen molar-refractivity contribution in [3.8, 4) is 0 Å². The van der Waals surface area contributed by atoms with E-state index in [0.29, 0.717) is 43.5 Å². The second kappa shape index (κ2) is 10.4. The number of likely N-dealkylation sites (tertiary alicyclic amines) is 1. The number of rotatable bonds is 6. The average Bonchev–Trinajstić information content (AvgIpc) is 2.77. The van der Waals surface area contributed by atoms with Crippen molar-refractivity contribution in [2.45, 2.75) is 52.5 Å². The number of aromatic nitrogens is 1. The van der Waals surface area contributed by atoms with E-state index in [4.69, 9.17) is 0 Å². The fourth-order valence-corrected chi connectivity index (χ4v) is 4.47. The van der Waals surface area contributed by atoms with Gasteiger partial charge in [-0.25, -0.2) is 8.78 Å². The van der Waals surface area contributed by atoms with Crippen molar-refractivity contribution >= 4 is 11.8 Å². The summed E-state index contributed by atoms with van der Waals surface area (Å²) in [6, 6.07) is 6.68. The molecule has 178 valence electrons. The normalized spacial score (nSPS) is 15.9. The van der Waals surface area contributed by atoms with Gasteiger partial charge in [0.15, 0.2) is 0 Å². The largest absolute Gasteiger partial charge is 0.343 e. The van der Waals surface area contributed by atoms with E-state index in [1.165, 1.54) is 18.3 Å². The van der Waals surface area contributed by atoms with Gasteiger partial charge in [0, 0.05) is 51.1 Å². The molecule has 1 fully saturated rings. The van der Waals surface area contributed by atoms with Gasteiger partial charge in [-0.1, -0.05) is 26.8 Å². The van der Waals surface area contributed by atoms with E-state index in [2.05, 4.69) is 4.98 Å². The van der Waals surface area contributed by atoms with E-state index in [1.807, 2.05) is 25.7 Å². The molecule has 1 saturated heterocycles. The molecule has 1 aliphatic rings. The summed E-state index contributed by atoms with van der Waals surface area (Å²) in [7, 11) is 1.72. The number of hydrogen-bond donors (Lipinski definition) is 0. The Balaban J connectivity index is 1.78. The van der Waals surface area contributed by atoms with E-state index in [0.717, 1.165) is 6.07 Å². The number of halogens is 2. The molecule has 0 aliphatic carbocycles. The standard InChI is InChI=1S/C26H33F2N3O2/c1-26(2,3)16-24(32)31-12-9-18(10-13-31)23(14-19-7-8-21(27)15-22(19)28)30(4)25(33)20-6-5-11-29-17-20/h5-8,11,15,17-18,23H,9-10,12-14,16H2,1-4H3.